The van der Waals surface area contributed by atoms with Crippen LogP contribution in [0.25, 0.3) is 0 Å². The fraction of sp³-hybridized carbons (Fsp3) is 0.333. The number of halogens is 2. The quantitative estimate of drug-likeness (QED) is 0.902. The van der Waals surface area contributed by atoms with E-state index in [0.29, 0.717) is 18.1 Å². The highest BCUT2D eigenvalue weighted by molar-refractivity contribution is 9.10. The molecule has 94 valence electrons. The minimum Gasteiger partial charge on any atom is -0.493 e. The van der Waals surface area contributed by atoms with E-state index < -0.39 is 0 Å². The van der Waals surface area contributed by atoms with Crippen molar-refractivity contribution in [2.75, 3.05) is 13.7 Å². The van der Waals surface area contributed by atoms with Gasteiger partial charge in [0.15, 0.2) is 11.5 Å². The average molecular weight is 322 g/mol. The molecule has 17 heavy (non-hydrogen) atoms. The van der Waals surface area contributed by atoms with E-state index in [1.807, 2.05) is 6.92 Å². The van der Waals surface area contributed by atoms with Crippen LogP contribution in [-0.4, -0.2) is 18.8 Å². The van der Waals surface area contributed by atoms with Crippen molar-refractivity contribution < 1.29 is 14.6 Å². The molecular formula is C12H14BrClO3. The van der Waals surface area contributed by atoms with Crippen LogP contribution in [0.5, 0.6) is 11.5 Å². The van der Waals surface area contributed by atoms with Gasteiger partial charge >= 0.3 is 0 Å². The molecule has 0 atom stereocenters. The van der Waals surface area contributed by atoms with Crippen molar-refractivity contribution in [3.8, 4) is 11.5 Å². The van der Waals surface area contributed by atoms with Crippen LogP contribution < -0.4 is 9.47 Å². The number of hydrogen-bond donors (Lipinski definition) is 1. The summed E-state index contributed by atoms with van der Waals surface area (Å²) in [5.41, 5.74) is 3.14. The minimum absolute atomic E-state index is 0.0458. The summed E-state index contributed by atoms with van der Waals surface area (Å²) in [6.07, 6.45) is 0. The Morgan fingerprint density at radius 3 is 2.76 bits per heavy atom. The number of aliphatic hydroxyl groups is 1. The maximum Gasteiger partial charge on any atom is 0.175 e. The van der Waals surface area contributed by atoms with Gasteiger partial charge in [-0.3, -0.25) is 0 Å². The highest BCUT2D eigenvalue weighted by atomic mass is 79.9. The molecule has 0 bridgehead atoms. The molecule has 0 saturated heterocycles. The van der Waals surface area contributed by atoms with Gasteiger partial charge in [-0.2, -0.15) is 0 Å². The Bertz CT molecular complexity index is 418. The lowest BCUT2D eigenvalue weighted by Crippen LogP contribution is -2.01. The summed E-state index contributed by atoms with van der Waals surface area (Å²) in [6.45, 7) is 2.21. The minimum atomic E-state index is -0.0458. The fourth-order valence-electron chi connectivity index (χ4n) is 1.22. The van der Waals surface area contributed by atoms with E-state index in [2.05, 4.69) is 15.9 Å². The van der Waals surface area contributed by atoms with Crippen LogP contribution in [0.2, 0.25) is 0 Å². The summed E-state index contributed by atoms with van der Waals surface area (Å²) in [4.78, 5) is 0. The normalized spacial score (nSPS) is 11.5. The Labute approximate surface area is 114 Å². The van der Waals surface area contributed by atoms with E-state index in [4.69, 9.17) is 26.2 Å². The van der Waals surface area contributed by atoms with E-state index >= 15 is 0 Å². The van der Waals surface area contributed by atoms with Gasteiger partial charge in [-0.25, -0.2) is 0 Å². The Kier molecular flexibility index (Phi) is 5.82. The first-order chi connectivity index (χ1) is 8.12. The summed E-state index contributed by atoms with van der Waals surface area (Å²) in [5.74, 6) is 1.17. The van der Waals surface area contributed by atoms with Crippen LogP contribution in [0.3, 0.4) is 0 Å². The summed E-state index contributed by atoms with van der Waals surface area (Å²) >= 11 is 8.94. The first-order valence-corrected chi connectivity index (χ1v) is 6.21. The lowest BCUT2D eigenvalue weighted by molar-refractivity contribution is 0.279. The summed E-state index contributed by atoms with van der Waals surface area (Å²) in [5, 5.41) is 9.09. The zero-order valence-corrected chi connectivity index (χ0v) is 12.0. The third kappa shape index (κ3) is 3.91. The lowest BCUT2D eigenvalue weighted by Gasteiger charge is -2.13. The van der Waals surface area contributed by atoms with Crippen molar-refractivity contribution >= 4 is 27.5 Å². The van der Waals surface area contributed by atoms with Crippen molar-refractivity contribution in [3.05, 3.63) is 33.3 Å². The fourth-order valence-corrected chi connectivity index (χ4v) is 1.89. The summed E-state index contributed by atoms with van der Waals surface area (Å²) in [7, 11) is 1.56. The van der Waals surface area contributed by atoms with Crippen molar-refractivity contribution in [1.29, 1.82) is 0 Å². The number of benzene rings is 1. The van der Waals surface area contributed by atoms with E-state index in [1.54, 1.807) is 19.2 Å². The summed E-state index contributed by atoms with van der Waals surface area (Å²) in [6, 6.07) is 3.53. The van der Waals surface area contributed by atoms with Crippen molar-refractivity contribution in [3.63, 3.8) is 0 Å². The van der Waals surface area contributed by atoms with Crippen LogP contribution in [0.15, 0.2) is 27.7 Å². The number of ether oxygens (including phenoxy) is 2. The highest BCUT2D eigenvalue weighted by Crippen LogP contribution is 2.36. The molecule has 5 heteroatoms. The van der Waals surface area contributed by atoms with Gasteiger partial charge in [-0.05, 0) is 46.1 Å². The molecule has 1 N–H and O–H groups in total. The number of methoxy groups -OCH3 is 1. The SMILES string of the molecule is COc1cc(CO)cc(Br)c1OC/C(C)=C/Cl. The van der Waals surface area contributed by atoms with Crippen LogP contribution in [0.4, 0.5) is 0 Å². The van der Waals surface area contributed by atoms with Crippen LogP contribution in [-0.2, 0) is 6.61 Å². The Morgan fingerprint density at radius 1 is 1.53 bits per heavy atom. The third-order valence-corrected chi connectivity index (χ3v) is 3.06. The first kappa shape index (κ1) is 14.4. The molecule has 0 fully saturated rings. The molecule has 0 aromatic heterocycles. The van der Waals surface area contributed by atoms with Crippen molar-refractivity contribution in [1.82, 2.24) is 0 Å². The zero-order valence-electron chi connectivity index (χ0n) is 9.67. The smallest absolute Gasteiger partial charge is 0.175 e. The Hall–Kier alpha value is -0.710. The second-order valence-electron chi connectivity index (χ2n) is 3.51. The molecule has 1 rings (SSSR count). The van der Waals surface area contributed by atoms with E-state index in [-0.39, 0.29) is 6.61 Å². The predicted molar refractivity (Wildman–Crippen MR) is 71.7 cm³/mol. The van der Waals surface area contributed by atoms with Gasteiger partial charge in [0, 0.05) is 5.54 Å². The Balaban J connectivity index is 2.97. The maximum atomic E-state index is 9.09. The molecule has 0 spiro atoms. The number of hydrogen-bond acceptors (Lipinski definition) is 3. The van der Waals surface area contributed by atoms with Crippen molar-refractivity contribution in [2.45, 2.75) is 13.5 Å². The molecule has 0 amide bonds. The second kappa shape index (κ2) is 6.89. The predicted octanol–water partition coefficient (Wildman–Crippen LogP) is 3.47. The van der Waals surface area contributed by atoms with Gasteiger partial charge in [0.2, 0.25) is 0 Å². The number of aliphatic hydroxyl groups excluding tert-OH is 1. The first-order valence-electron chi connectivity index (χ1n) is 4.98. The molecule has 3 nitrogen and oxygen atoms in total. The van der Waals surface area contributed by atoms with Gasteiger partial charge in [0.1, 0.15) is 6.61 Å². The molecule has 0 radical (unpaired) electrons. The molecule has 0 aliphatic heterocycles. The highest BCUT2D eigenvalue weighted by Gasteiger charge is 2.11. The third-order valence-electron chi connectivity index (χ3n) is 2.10. The Morgan fingerprint density at radius 2 is 2.24 bits per heavy atom. The molecule has 0 heterocycles. The molecule has 0 unspecified atom stereocenters. The molecule has 0 aliphatic carbocycles. The lowest BCUT2D eigenvalue weighted by atomic mass is 10.2. The molecular weight excluding hydrogens is 307 g/mol. The van der Waals surface area contributed by atoms with Crippen molar-refractivity contribution in [2.24, 2.45) is 0 Å². The van der Waals surface area contributed by atoms with E-state index in [1.165, 1.54) is 5.54 Å². The van der Waals surface area contributed by atoms with Crippen LogP contribution >= 0.6 is 27.5 Å². The largest absolute Gasteiger partial charge is 0.493 e. The van der Waals surface area contributed by atoms with Crippen LogP contribution in [0, 0.1) is 0 Å². The second-order valence-corrected chi connectivity index (χ2v) is 4.58. The van der Waals surface area contributed by atoms with E-state index in [0.717, 1.165) is 15.6 Å². The summed E-state index contributed by atoms with van der Waals surface area (Å²) < 4.78 is 11.6. The van der Waals surface area contributed by atoms with Gasteiger partial charge in [-0.15, -0.1) is 0 Å². The molecule has 1 aromatic rings. The zero-order chi connectivity index (χ0) is 12.8. The standard InChI is InChI=1S/C12H14BrClO3/c1-8(5-14)7-17-12-10(13)3-9(6-15)4-11(12)16-2/h3-5,15H,6-7H2,1-2H3/b8-5+. The monoisotopic (exact) mass is 320 g/mol. The number of rotatable bonds is 5. The molecule has 0 saturated carbocycles. The van der Waals surface area contributed by atoms with E-state index in [9.17, 15) is 0 Å². The van der Waals surface area contributed by atoms with Gasteiger partial charge in [0.25, 0.3) is 0 Å². The van der Waals surface area contributed by atoms with Gasteiger partial charge < -0.3 is 14.6 Å². The average Bonchev–Trinajstić information content (AvgIpc) is 2.35. The molecule has 1 aromatic carbocycles. The van der Waals surface area contributed by atoms with Gasteiger partial charge in [-0.1, -0.05) is 11.6 Å². The maximum absolute atomic E-state index is 9.09. The molecule has 0 aliphatic rings. The van der Waals surface area contributed by atoms with Crippen LogP contribution in [0.1, 0.15) is 12.5 Å². The topological polar surface area (TPSA) is 38.7 Å². The van der Waals surface area contributed by atoms with Gasteiger partial charge in [0.05, 0.1) is 18.2 Å².